The van der Waals surface area contributed by atoms with E-state index in [0.29, 0.717) is 5.69 Å². The standard InChI is InChI=1S/C25H23Cl2N3O4S/c1-15-11-20-21(12-16(15)2)30(35(33,34)24-18(26)9-6-10-19(24)27)22(25(32)29-20)13-23(31)28-14-17-7-4-3-5-8-17/h3-12,22H,13-14H2,1-2H3,(H,28,31)(H,29,32). The van der Waals surface area contributed by atoms with E-state index >= 15 is 0 Å². The summed E-state index contributed by atoms with van der Waals surface area (Å²) in [6.45, 7) is 3.93. The number of rotatable bonds is 6. The van der Waals surface area contributed by atoms with Crippen LogP contribution in [0.25, 0.3) is 0 Å². The number of hydrogen-bond acceptors (Lipinski definition) is 4. The molecule has 1 unspecified atom stereocenters. The van der Waals surface area contributed by atoms with Crippen LogP contribution in [0.15, 0.2) is 65.6 Å². The average molecular weight is 532 g/mol. The Bertz CT molecular complexity index is 1390. The van der Waals surface area contributed by atoms with E-state index in [-0.39, 0.29) is 27.2 Å². The Labute approximate surface area is 214 Å². The Balaban J connectivity index is 1.76. The lowest BCUT2D eigenvalue weighted by Crippen LogP contribution is -2.52. The zero-order chi connectivity index (χ0) is 25.3. The van der Waals surface area contributed by atoms with Crippen LogP contribution in [-0.4, -0.2) is 26.3 Å². The number of carbonyl (C=O) groups is 2. The first-order valence-corrected chi connectivity index (χ1v) is 13.0. The lowest BCUT2D eigenvalue weighted by Gasteiger charge is -2.37. The van der Waals surface area contributed by atoms with E-state index in [2.05, 4.69) is 10.6 Å². The van der Waals surface area contributed by atoms with E-state index in [1.807, 2.05) is 44.2 Å². The number of carbonyl (C=O) groups excluding carboxylic acids is 2. The Morgan fingerprint density at radius 1 is 1.00 bits per heavy atom. The van der Waals surface area contributed by atoms with Crippen LogP contribution in [0.2, 0.25) is 10.0 Å². The lowest BCUT2D eigenvalue weighted by molar-refractivity contribution is -0.125. The largest absolute Gasteiger partial charge is 0.352 e. The molecule has 1 heterocycles. The molecule has 3 aromatic rings. The fraction of sp³-hybridized carbons (Fsp3) is 0.200. The third kappa shape index (κ3) is 5.00. The molecule has 7 nitrogen and oxygen atoms in total. The number of sulfonamides is 1. The highest BCUT2D eigenvalue weighted by atomic mass is 35.5. The minimum Gasteiger partial charge on any atom is -0.352 e. The normalized spacial score (nSPS) is 15.4. The molecule has 3 aromatic carbocycles. The van der Waals surface area contributed by atoms with Gasteiger partial charge in [0.1, 0.15) is 10.9 Å². The summed E-state index contributed by atoms with van der Waals surface area (Å²) >= 11 is 12.5. The van der Waals surface area contributed by atoms with E-state index in [0.717, 1.165) is 21.0 Å². The van der Waals surface area contributed by atoms with Gasteiger partial charge in [0, 0.05) is 6.54 Å². The first-order chi connectivity index (χ1) is 16.6. The van der Waals surface area contributed by atoms with E-state index in [9.17, 15) is 18.0 Å². The first kappa shape index (κ1) is 25.0. The third-order valence-electron chi connectivity index (χ3n) is 5.84. The van der Waals surface area contributed by atoms with Gasteiger partial charge < -0.3 is 10.6 Å². The molecule has 0 saturated heterocycles. The van der Waals surface area contributed by atoms with Crippen LogP contribution in [0.5, 0.6) is 0 Å². The molecule has 0 fully saturated rings. The second-order valence-electron chi connectivity index (χ2n) is 8.28. The Kier molecular flexibility index (Phi) is 7.07. The molecule has 1 atom stereocenters. The monoisotopic (exact) mass is 531 g/mol. The summed E-state index contributed by atoms with van der Waals surface area (Å²) in [5, 5.41) is 5.34. The molecule has 35 heavy (non-hydrogen) atoms. The van der Waals surface area contributed by atoms with Gasteiger partial charge in [0.05, 0.1) is 27.8 Å². The number of amides is 2. The predicted molar refractivity (Wildman–Crippen MR) is 137 cm³/mol. The fourth-order valence-corrected chi connectivity index (χ4v) is 6.64. The van der Waals surface area contributed by atoms with Gasteiger partial charge in [-0.1, -0.05) is 59.6 Å². The van der Waals surface area contributed by atoms with Crippen molar-refractivity contribution in [1.29, 1.82) is 0 Å². The summed E-state index contributed by atoms with van der Waals surface area (Å²) in [6, 6.07) is 15.6. The van der Waals surface area contributed by atoms with E-state index in [4.69, 9.17) is 23.2 Å². The number of nitrogens with zero attached hydrogens (tertiary/aromatic N) is 1. The summed E-state index contributed by atoms with van der Waals surface area (Å²) in [5.74, 6) is -1.10. The van der Waals surface area contributed by atoms with Crippen LogP contribution in [0, 0.1) is 13.8 Å². The lowest BCUT2D eigenvalue weighted by atomic mass is 10.0. The van der Waals surface area contributed by atoms with Crippen LogP contribution in [-0.2, 0) is 26.2 Å². The van der Waals surface area contributed by atoms with Crippen molar-refractivity contribution in [1.82, 2.24) is 5.32 Å². The van der Waals surface area contributed by atoms with Gasteiger partial charge in [-0.15, -0.1) is 0 Å². The van der Waals surface area contributed by atoms with E-state index < -0.39 is 34.3 Å². The third-order valence-corrected chi connectivity index (χ3v) is 8.62. The van der Waals surface area contributed by atoms with Gasteiger partial charge in [0.15, 0.2) is 0 Å². The summed E-state index contributed by atoms with van der Waals surface area (Å²) < 4.78 is 28.9. The van der Waals surface area contributed by atoms with Crippen molar-refractivity contribution in [2.75, 3.05) is 9.62 Å². The predicted octanol–water partition coefficient (Wildman–Crippen LogP) is 4.83. The molecule has 0 aromatic heterocycles. The van der Waals surface area contributed by atoms with Crippen LogP contribution >= 0.6 is 23.2 Å². The molecule has 1 aliphatic heterocycles. The molecular formula is C25H23Cl2N3O4S. The maximum atomic E-state index is 13.9. The molecular weight excluding hydrogens is 509 g/mol. The molecule has 1 aliphatic rings. The molecule has 182 valence electrons. The number of hydrogen-bond donors (Lipinski definition) is 2. The van der Waals surface area contributed by atoms with Crippen LogP contribution in [0.4, 0.5) is 11.4 Å². The number of fused-ring (bicyclic) bond motifs is 1. The molecule has 0 aliphatic carbocycles. The molecule has 0 bridgehead atoms. The summed E-state index contributed by atoms with van der Waals surface area (Å²) in [4.78, 5) is 25.7. The minimum atomic E-state index is -4.43. The molecule has 2 amide bonds. The van der Waals surface area contributed by atoms with Gasteiger partial charge in [-0.3, -0.25) is 13.9 Å². The van der Waals surface area contributed by atoms with Gasteiger partial charge in [-0.2, -0.15) is 0 Å². The van der Waals surface area contributed by atoms with Crippen LogP contribution in [0.3, 0.4) is 0 Å². The molecule has 10 heteroatoms. The van der Waals surface area contributed by atoms with Gasteiger partial charge in [-0.05, 0) is 54.8 Å². The average Bonchev–Trinajstić information content (AvgIpc) is 2.80. The maximum absolute atomic E-state index is 13.9. The van der Waals surface area contributed by atoms with Crippen molar-refractivity contribution in [3.8, 4) is 0 Å². The topological polar surface area (TPSA) is 95.6 Å². The van der Waals surface area contributed by atoms with Gasteiger partial charge >= 0.3 is 0 Å². The summed E-state index contributed by atoms with van der Waals surface area (Å²) in [6.07, 6.45) is -0.396. The van der Waals surface area contributed by atoms with Gasteiger partial charge in [0.25, 0.3) is 10.0 Å². The smallest absolute Gasteiger partial charge is 0.268 e. The Morgan fingerprint density at radius 3 is 2.29 bits per heavy atom. The minimum absolute atomic E-state index is 0.0823. The van der Waals surface area contributed by atoms with Gasteiger partial charge in [-0.25, -0.2) is 8.42 Å². The van der Waals surface area contributed by atoms with E-state index in [1.54, 1.807) is 12.1 Å². The number of nitrogens with one attached hydrogen (secondary N) is 2. The number of aryl methyl sites for hydroxylation is 2. The van der Waals surface area contributed by atoms with Crippen LogP contribution < -0.4 is 14.9 Å². The number of benzene rings is 3. The van der Waals surface area contributed by atoms with Crippen molar-refractivity contribution < 1.29 is 18.0 Å². The Morgan fingerprint density at radius 2 is 1.63 bits per heavy atom. The highest BCUT2D eigenvalue weighted by Crippen LogP contribution is 2.41. The molecule has 0 radical (unpaired) electrons. The molecule has 2 N–H and O–H groups in total. The summed E-state index contributed by atoms with van der Waals surface area (Å²) in [5.41, 5.74) is 3.13. The van der Waals surface area contributed by atoms with Crippen molar-refractivity contribution in [3.05, 3.63) is 87.4 Å². The molecule has 0 saturated carbocycles. The van der Waals surface area contributed by atoms with E-state index in [1.165, 1.54) is 18.2 Å². The first-order valence-electron chi connectivity index (χ1n) is 10.8. The number of halogens is 2. The summed E-state index contributed by atoms with van der Waals surface area (Å²) in [7, 11) is -4.43. The number of anilines is 2. The quantitative estimate of drug-likeness (QED) is 0.476. The zero-order valence-corrected chi connectivity index (χ0v) is 21.3. The van der Waals surface area contributed by atoms with Gasteiger partial charge in [0.2, 0.25) is 11.8 Å². The maximum Gasteiger partial charge on any atom is 0.268 e. The van der Waals surface area contributed by atoms with Crippen molar-refractivity contribution in [2.45, 2.75) is 37.8 Å². The second-order valence-corrected chi connectivity index (χ2v) is 10.8. The van der Waals surface area contributed by atoms with Crippen molar-refractivity contribution >= 4 is 56.4 Å². The molecule has 4 rings (SSSR count). The highest BCUT2D eigenvalue weighted by Gasteiger charge is 2.43. The molecule has 0 spiro atoms. The fourth-order valence-electron chi connectivity index (χ4n) is 3.92. The van der Waals surface area contributed by atoms with Crippen molar-refractivity contribution in [2.24, 2.45) is 0 Å². The van der Waals surface area contributed by atoms with Crippen molar-refractivity contribution in [3.63, 3.8) is 0 Å². The highest BCUT2D eigenvalue weighted by molar-refractivity contribution is 7.93. The van der Waals surface area contributed by atoms with Crippen LogP contribution in [0.1, 0.15) is 23.1 Å². The zero-order valence-electron chi connectivity index (χ0n) is 19.0. The Hall–Kier alpha value is -3.07. The second kappa shape index (κ2) is 9.89. The SMILES string of the molecule is Cc1cc2c(cc1C)N(S(=O)(=O)c1c(Cl)cccc1Cl)C(CC(=O)NCc1ccccc1)C(=O)N2.